The molecule has 0 saturated heterocycles. The highest BCUT2D eigenvalue weighted by molar-refractivity contribution is 5.55. The number of aromatic amines is 1. The lowest BCUT2D eigenvalue weighted by Gasteiger charge is -1.99. The van der Waals surface area contributed by atoms with E-state index in [9.17, 15) is 0 Å². The van der Waals surface area contributed by atoms with Crippen molar-refractivity contribution in [1.82, 2.24) is 15.2 Å². The molecule has 16 heavy (non-hydrogen) atoms. The van der Waals surface area contributed by atoms with Crippen molar-refractivity contribution in [2.75, 3.05) is 0 Å². The highest BCUT2D eigenvalue weighted by Gasteiger charge is 2.07. The van der Waals surface area contributed by atoms with Gasteiger partial charge in [0, 0.05) is 18.0 Å². The minimum Gasteiger partial charge on any atom is -0.328 e. The molecule has 0 bridgehead atoms. The zero-order valence-electron chi connectivity index (χ0n) is 9.57. The van der Waals surface area contributed by atoms with Crippen molar-refractivity contribution in [3.8, 4) is 11.4 Å². The van der Waals surface area contributed by atoms with Crippen LogP contribution in [0.25, 0.3) is 11.4 Å². The van der Waals surface area contributed by atoms with Crippen LogP contribution in [0.2, 0.25) is 0 Å². The molecular formula is C12H16N4. The fraction of sp³-hybridized carbons (Fsp3) is 0.333. The van der Waals surface area contributed by atoms with E-state index >= 15 is 0 Å². The van der Waals surface area contributed by atoms with Crippen molar-refractivity contribution < 1.29 is 0 Å². The van der Waals surface area contributed by atoms with Gasteiger partial charge in [0.05, 0.1) is 0 Å². The molecule has 2 aromatic rings. The fourth-order valence-electron chi connectivity index (χ4n) is 1.60. The van der Waals surface area contributed by atoms with Crippen LogP contribution in [0.3, 0.4) is 0 Å². The van der Waals surface area contributed by atoms with Gasteiger partial charge in [0.1, 0.15) is 5.82 Å². The highest BCUT2D eigenvalue weighted by Crippen LogP contribution is 2.15. The maximum absolute atomic E-state index is 5.71. The molecule has 0 spiro atoms. The van der Waals surface area contributed by atoms with Gasteiger partial charge in [0.2, 0.25) is 0 Å². The zero-order chi connectivity index (χ0) is 11.5. The van der Waals surface area contributed by atoms with Crippen LogP contribution in [-0.4, -0.2) is 21.2 Å². The number of benzene rings is 1. The first kappa shape index (κ1) is 10.8. The van der Waals surface area contributed by atoms with Crippen LogP contribution < -0.4 is 5.73 Å². The second-order valence-electron chi connectivity index (χ2n) is 4.16. The second kappa shape index (κ2) is 4.45. The van der Waals surface area contributed by atoms with E-state index in [2.05, 4.69) is 34.2 Å². The molecule has 0 amide bonds. The lowest BCUT2D eigenvalue weighted by atomic mass is 10.1. The maximum atomic E-state index is 5.71. The summed E-state index contributed by atoms with van der Waals surface area (Å²) in [7, 11) is 0. The summed E-state index contributed by atoms with van der Waals surface area (Å²) in [6, 6.07) is 8.23. The Bertz CT molecular complexity index is 473. The second-order valence-corrected chi connectivity index (χ2v) is 4.16. The fourth-order valence-corrected chi connectivity index (χ4v) is 1.60. The summed E-state index contributed by atoms with van der Waals surface area (Å²) in [6.45, 7) is 4.01. The smallest absolute Gasteiger partial charge is 0.181 e. The van der Waals surface area contributed by atoms with Crippen LogP contribution in [0, 0.1) is 6.92 Å². The Hall–Kier alpha value is -1.68. The Morgan fingerprint density at radius 2 is 2.25 bits per heavy atom. The van der Waals surface area contributed by atoms with E-state index in [1.54, 1.807) is 0 Å². The quantitative estimate of drug-likeness (QED) is 0.820. The Morgan fingerprint density at radius 1 is 1.44 bits per heavy atom. The largest absolute Gasteiger partial charge is 0.328 e. The van der Waals surface area contributed by atoms with Gasteiger partial charge >= 0.3 is 0 Å². The van der Waals surface area contributed by atoms with Gasteiger partial charge < -0.3 is 5.73 Å². The molecule has 84 valence electrons. The van der Waals surface area contributed by atoms with Gasteiger partial charge in [0.25, 0.3) is 0 Å². The van der Waals surface area contributed by atoms with Crippen LogP contribution >= 0.6 is 0 Å². The lowest BCUT2D eigenvalue weighted by Crippen LogP contribution is -2.18. The van der Waals surface area contributed by atoms with Crippen molar-refractivity contribution in [1.29, 1.82) is 0 Å². The summed E-state index contributed by atoms with van der Waals surface area (Å²) in [5.74, 6) is 1.57. The first-order chi connectivity index (χ1) is 7.65. The number of aryl methyl sites for hydroxylation is 1. The maximum Gasteiger partial charge on any atom is 0.181 e. The molecule has 1 aromatic heterocycles. The summed E-state index contributed by atoms with van der Waals surface area (Å²) in [5, 5.41) is 7.10. The first-order valence-electron chi connectivity index (χ1n) is 5.39. The summed E-state index contributed by atoms with van der Waals surface area (Å²) < 4.78 is 0. The highest BCUT2D eigenvalue weighted by atomic mass is 15.2. The first-order valence-corrected chi connectivity index (χ1v) is 5.39. The Balaban J connectivity index is 2.24. The lowest BCUT2D eigenvalue weighted by molar-refractivity contribution is 0.705. The van der Waals surface area contributed by atoms with Crippen LogP contribution in [0.5, 0.6) is 0 Å². The summed E-state index contributed by atoms with van der Waals surface area (Å²) in [6.07, 6.45) is 0.721. The SMILES string of the molecule is Cc1cccc(-c2n[nH]c(CC(C)N)n2)c1. The normalized spacial score (nSPS) is 12.7. The number of hydrogen-bond donors (Lipinski definition) is 2. The van der Waals surface area contributed by atoms with E-state index in [1.165, 1.54) is 5.56 Å². The van der Waals surface area contributed by atoms with Crippen molar-refractivity contribution in [2.24, 2.45) is 5.73 Å². The van der Waals surface area contributed by atoms with Gasteiger partial charge in [-0.25, -0.2) is 4.98 Å². The van der Waals surface area contributed by atoms with Crippen molar-refractivity contribution in [3.63, 3.8) is 0 Å². The van der Waals surface area contributed by atoms with E-state index in [-0.39, 0.29) is 6.04 Å². The third-order valence-corrected chi connectivity index (χ3v) is 2.32. The molecule has 0 fully saturated rings. The number of hydrogen-bond acceptors (Lipinski definition) is 3. The van der Waals surface area contributed by atoms with Crippen molar-refractivity contribution >= 4 is 0 Å². The average molecular weight is 216 g/mol. The molecule has 0 aliphatic rings. The van der Waals surface area contributed by atoms with Gasteiger partial charge in [-0.15, -0.1) is 0 Å². The van der Waals surface area contributed by atoms with Gasteiger partial charge in [-0.3, -0.25) is 5.10 Å². The third kappa shape index (κ3) is 2.46. The predicted octanol–water partition coefficient (Wildman–Crippen LogP) is 1.67. The minimum absolute atomic E-state index is 0.0957. The summed E-state index contributed by atoms with van der Waals surface area (Å²) in [5.41, 5.74) is 7.95. The van der Waals surface area contributed by atoms with Crippen molar-refractivity contribution in [2.45, 2.75) is 26.3 Å². The van der Waals surface area contributed by atoms with Crippen LogP contribution in [-0.2, 0) is 6.42 Å². The number of nitrogens with zero attached hydrogens (tertiary/aromatic N) is 2. The minimum atomic E-state index is 0.0957. The predicted molar refractivity (Wildman–Crippen MR) is 63.9 cm³/mol. The third-order valence-electron chi connectivity index (χ3n) is 2.32. The van der Waals surface area contributed by atoms with Crippen LogP contribution in [0.1, 0.15) is 18.3 Å². The Kier molecular flexibility index (Phi) is 3.01. The molecule has 0 aliphatic carbocycles. The number of nitrogens with two attached hydrogens (primary N) is 1. The molecule has 2 rings (SSSR count). The molecule has 1 unspecified atom stereocenters. The molecule has 0 radical (unpaired) electrons. The number of rotatable bonds is 3. The van der Waals surface area contributed by atoms with E-state index in [0.717, 1.165) is 23.6 Å². The van der Waals surface area contributed by atoms with Gasteiger partial charge in [-0.1, -0.05) is 23.8 Å². The van der Waals surface area contributed by atoms with Crippen LogP contribution in [0.4, 0.5) is 0 Å². The molecule has 1 heterocycles. The Labute approximate surface area is 94.9 Å². The zero-order valence-corrected chi connectivity index (χ0v) is 9.57. The standard InChI is InChI=1S/C12H16N4/c1-8-4-3-5-10(6-8)12-14-11(15-16-12)7-9(2)13/h3-6,9H,7,13H2,1-2H3,(H,14,15,16). The van der Waals surface area contributed by atoms with Crippen LogP contribution in [0.15, 0.2) is 24.3 Å². The van der Waals surface area contributed by atoms with E-state index in [0.29, 0.717) is 0 Å². The summed E-state index contributed by atoms with van der Waals surface area (Å²) >= 11 is 0. The molecule has 0 aliphatic heterocycles. The van der Waals surface area contributed by atoms with E-state index in [4.69, 9.17) is 5.73 Å². The molecule has 3 N–H and O–H groups in total. The number of aromatic nitrogens is 3. The molecule has 1 atom stereocenters. The molecule has 4 heteroatoms. The van der Waals surface area contributed by atoms with Gasteiger partial charge in [-0.2, -0.15) is 5.10 Å². The van der Waals surface area contributed by atoms with Crippen molar-refractivity contribution in [3.05, 3.63) is 35.7 Å². The molecule has 0 saturated carbocycles. The monoisotopic (exact) mass is 216 g/mol. The number of H-pyrrole nitrogens is 1. The topological polar surface area (TPSA) is 67.6 Å². The molecule has 4 nitrogen and oxygen atoms in total. The number of nitrogens with one attached hydrogen (secondary N) is 1. The Morgan fingerprint density at radius 3 is 2.94 bits per heavy atom. The van der Waals surface area contributed by atoms with E-state index < -0.39 is 0 Å². The average Bonchev–Trinajstić information content (AvgIpc) is 2.65. The van der Waals surface area contributed by atoms with Gasteiger partial charge in [0.15, 0.2) is 5.82 Å². The summed E-state index contributed by atoms with van der Waals surface area (Å²) in [4.78, 5) is 4.42. The molecule has 1 aromatic carbocycles. The molecular weight excluding hydrogens is 200 g/mol. The van der Waals surface area contributed by atoms with Gasteiger partial charge in [-0.05, 0) is 19.9 Å². The van der Waals surface area contributed by atoms with E-state index in [1.807, 2.05) is 19.1 Å².